The number of carbonyl (C=O) groups is 2. The second-order valence-electron chi connectivity index (χ2n) is 7.17. The maximum atomic E-state index is 12.7. The van der Waals surface area contributed by atoms with Crippen LogP contribution in [0.25, 0.3) is 0 Å². The molecule has 10 nitrogen and oxygen atoms in total. The van der Waals surface area contributed by atoms with E-state index in [2.05, 4.69) is 15.4 Å². The molecule has 1 saturated heterocycles. The van der Waals surface area contributed by atoms with Crippen LogP contribution >= 0.6 is 0 Å². The van der Waals surface area contributed by atoms with Gasteiger partial charge in [-0.3, -0.25) is 4.79 Å². The van der Waals surface area contributed by atoms with Gasteiger partial charge in [-0.1, -0.05) is 12.1 Å². The van der Waals surface area contributed by atoms with E-state index < -0.39 is 12.0 Å². The topological polar surface area (TPSA) is 108 Å². The predicted octanol–water partition coefficient (Wildman–Crippen LogP) is 1.37. The van der Waals surface area contributed by atoms with Gasteiger partial charge in [0.25, 0.3) is 5.91 Å². The first kappa shape index (κ1) is 20.9. The second kappa shape index (κ2) is 9.17. The van der Waals surface area contributed by atoms with Crippen molar-refractivity contribution >= 4 is 17.8 Å². The highest BCUT2D eigenvalue weighted by Crippen LogP contribution is 2.35. The molecular formula is C21H25N5O5. The van der Waals surface area contributed by atoms with Crippen LogP contribution in [0, 0.1) is 0 Å². The zero-order valence-corrected chi connectivity index (χ0v) is 17.5. The number of nitrogens with zero attached hydrogens (tertiary/aromatic N) is 4. The average molecular weight is 427 g/mol. The van der Waals surface area contributed by atoms with Gasteiger partial charge in [-0.15, -0.1) is 0 Å². The number of fused-ring (bicyclic) bond motifs is 1. The van der Waals surface area contributed by atoms with E-state index in [1.165, 1.54) is 6.33 Å². The summed E-state index contributed by atoms with van der Waals surface area (Å²) in [7, 11) is 0. The van der Waals surface area contributed by atoms with Crippen LogP contribution in [0.15, 0.2) is 41.9 Å². The summed E-state index contributed by atoms with van der Waals surface area (Å²) in [5, 5.41) is 7.38. The molecule has 1 amide bonds. The highest BCUT2D eigenvalue weighted by Gasteiger charge is 2.34. The molecule has 164 valence electrons. The first-order valence-corrected chi connectivity index (χ1v) is 10.2. The number of hydrogen-bond acceptors (Lipinski definition) is 8. The van der Waals surface area contributed by atoms with Crippen molar-refractivity contribution in [2.45, 2.75) is 19.9 Å². The second-order valence-corrected chi connectivity index (χ2v) is 7.17. The smallest absolute Gasteiger partial charge is 0.338 e. The van der Waals surface area contributed by atoms with E-state index in [0.717, 1.165) is 5.56 Å². The molecule has 0 spiro atoms. The Hall–Kier alpha value is -3.40. The van der Waals surface area contributed by atoms with Gasteiger partial charge in [0.2, 0.25) is 5.95 Å². The van der Waals surface area contributed by atoms with Crippen LogP contribution in [0.1, 0.15) is 25.5 Å². The molecule has 10 heteroatoms. The zero-order chi connectivity index (χ0) is 21.8. The molecule has 1 aromatic carbocycles. The minimum Gasteiger partial charge on any atom is -0.484 e. The molecule has 0 aliphatic carbocycles. The average Bonchev–Trinajstić information content (AvgIpc) is 3.25. The number of nitrogens with one attached hydrogen (secondary N) is 1. The van der Waals surface area contributed by atoms with E-state index in [4.69, 9.17) is 14.2 Å². The largest absolute Gasteiger partial charge is 0.484 e. The molecule has 1 N–H and O–H groups in total. The van der Waals surface area contributed by atoms with Crippen molar-refractivity contribution < 1.29 is 23.8 Å². The number of esters is 1. The molecular weight excluding hydrogens is 402 g/mol. The van der Waals surface area contributed by atoms with E-state index in [-0.39, 0.29) is 19.1 Å². The molecule has 1 aromatic heterocycles. The number of ether oxygens (including phenoxy) is 3. The lowest BCUT2D eigenvalue weighted by atomic mass is 9.96. The first-order chi connectivity index (χ1) is 15.1. The summed E-state index contributed by atoms with van der Waals surface area (Å²) < 4.78 is 17.8. The van der Waals surface area contributed by atoms with Crippen molar-refractivity contribution in [3.8, 4) is 5.75 Å². The van der Waals surface area contributed by atoms with Crippen LogP contribution in [0.4, 0.5) is 5.95 Å². The van der Waals surface area contributed by atoms with E-state index >= 15 is 0 Å². The van der Waals surface area contributed by atoms with Crippen molar-refractivity contribution in [1.29, 1.82) is 0 Å². The number of carbonyl (C=O) groups excluding carboxylic acids is 2. The molecule has 1 fully saturated rings. The van der Waals surface area contributed by atoms with E-state index in [9.17, 15) is 9.59 Å². The molecule has 4 rings (SSSR count). The van der Waals surface area contributed by atoms with Crippen molar-refractivity contribution in [3.05, 3.63) is 47.4 Å². The van der Waals surface area contributed by atoms with Gasteiger partial charge < -0.3 is 24.4 Å². The van der Waals surface area contributed by atoms with Crippen LogP contribution in [0.5, 0.6) is 5.75 Å². The summed E-state index contributed by atoms with van der Waals surface area (Å²) in [6.45, 7) is 6.09. The number of benzene rings is 1. The molecule has 1 unspecified atom stereocenters. The minimum atomic E-state index is -0.484. The highest BCUT2D eigenvalue weighted by molar-refractivity contribution is 5.92. The molecule has 2 aliphatic rings. The Morgan fingerprint density at radius 1 is 1.23 bits per heavy atom. The Morgan fingerprint density at radius 2 is 1.97 bits per heavy atom. The fraction of sp³-hybridized carbons (Fsp3) is 0.429. The standard InChI is InChI=1S/C21H25N5O5/c1-3-30-20(28)18-14(2)24-21-22-13-23-26(21)19(18)15-4-6-16(7-5-15)31-12-17(27)25-8-10-29-11-9-25/h4-7,13,19H,3,8-12H2,1-2H3,(H,22,23,24). The number of hydrogen-bond donors (Lipinski definition) is 1. The van der Waals surface area contributed by atoms with Gasteiger partial charge >= 0.3 is 5.97 Å². The van der Waals surface area contributed by atoms with E-state index in [0.29, 0.717) is 49.3 Å². The summed E-state index contributed by atoms with van der Waals surface area (Å²) >= 11 is 0. The number of amides is 1. The fourth-order valence-electron chi connectivity index (χ4n) is 3.67. The zero-order valence-electron chi connectivity index (χ0n) is 17.5. The normalized spacial score (nSPS) is 18.3. The Balaban J connectivity index is 1.51. The van der Waals surface area contributed by atoms with Crippen LogP contribution in [0.2, 0.25) is 0 Å². The van der Waals surface area contributed by atoms with Crippen molar-refractivity contribution in [3.63, 3.8) is 0 Å². The summed E-state index contributed by atoms with van der Waals surface area (Å²) in [6, 6.07) is 6.77. The first-order valence-electron chi connectivity index (χ1n) is 10.2. The van der Waals surface area contributed by atoms with Gasteiger partial charge in [0.1, 0.15) is 18.1 Å². The number of aromatic nitrogens is 3. The quantitative estimate of drug-likeness (QED) is 0.689. The van der Waals surface area contributed by atoms with Crippen LogP contribution < -0.4 is 10.1 Å². The summed E-state index contributed by atoms with van der Waals surface area (Å²) in [6.07, 6.45) is 1.44. The molecule has 2 aliphatic heterocycles. The molecule has 31 heavy (non-hydrogen) atoms. The lowest BCUT2D eigenvalue weighted by Gasteiger charge is -2.28. The monoisotopic (exact) mass is 427 g/mol. The number of anilines is 1. The van der Waals surface area contributed by atoms with E-state index in [1.807, 2.05) is 19.1 Å². The minimum absolute atomic E-state index is 0.0347. The third kappa shape index (κ3) is 4.38. The molecule has 1 atom stereocenters. The number of rotatable bonds is 6. The maximum absolute atomic E-state index is 12.7. The highest BCUT2D eigenvalue weighted by atomic mass is 16.5. The Morgan fingerprint density at radius 3 is 2.68 bits per heavy atom. The summed E-state index contributed by atoms with van der Waals surface area (Å²) in [4.78, 5) is 30.9. The lowest BCUT2D eigenvalue weighted by Crippen LogP contribution is -2.42. The molecule has 0 saturated carbocycles. The van der Waals surface area contributed by atoms with Gasteiger partial charge in [-0.05, 0) is 31.5 Å². The van der Waals surface area contributed by atoms with E-state index in [1.54, 1.807) is 28.6 Å². The SMILES string of the molecule is CCOC(=O)C1=C(C)Nc2ncnn2C1c1ccc(OCC(=O)N2CCOCC2)cc1. The third-order valence-electron chi connectivity index (χ3n) is 5.21. The number of morpholine rings is 1. The molecule has 3 heterocycles. The Kier molecular flexibility index (Phi) is 6.17. The lowest BCUT2D eigenvalue weighted by molar-refractivity contribution is -0.139. The van der Waals surface area contributed by atoms with Crippen molar-refractivity contribution in [1.82, 2.24) is 19.7 Å². The van der Waals surface area contributed by atoms with Crippen LogP contribution in [-0.4, -0.2) is 71.1 Å². The van der Waals surface area contributed by atoms with Gasteiger partial charge in [-0.25, -0.2) is 9.48 Å². The predicted molar refractivity (Wildman–Crippen MR) is 110 cm³/mol. The van der Waals surface area contributed by atoms with Crippen molar-refractivity contribution in [2.75, 3.05) is 44.8 Å². The maximum Gasteiger partial charge on any atom is 0.338 e. The molecule has 0 bridgehead atoms. The van der Waals surface area contributed by atoms with Gasteiger partial charge in [0.15, 0.2) is 6.61 Å². The summed E-state index contributed by atoms with van der Waals surface area (Å²) in [5.41, 5.74) is 1.96. The molecule has 0 radical (unpaired) electrons. The summed E-state index contributed by atoms with van der Waals surface area (Å²) in [5.74, 6) is 0.639. The van der Waals surface area contributed by atoms with Gasteiger partial charge in [-0.2, -0.15) is 10.1 Å². The Labute approximate surface area is 179 Å². The Bertz CT molecular complexity index is 978. The van der Waals surface area contributed by atoms with Crippen LogP contribution in [-0.2, 0) is 19.1 Å². The molecule has 2 aromatic rings. The number of allylic oxidation sites excluding steroid dienone is 1. The van der Waals surface area contributed by atoms with Gasteiger partial charge in [0.05, 0.1) is 25.4 Å². The van der Waals surface area contributed by atoms with Crippen LogP contribution in [0.3, 0.4) is 0 Å². The fourth-order valence-corrected chi connectivity index (χ4v) is 3.67. The third-order valence-corrected chi connectivity index (χ3v) is 5.21. The van der Waals surface area contributed by atoms with Gasteiger partial charge in [0, 0.05) is 18.8 Å². The van der Waals surface area contributed by atoms with Crippen molar-refractivity contribution in [2.24, 2.45) is 0 Å².